The van der Waals surface area contributed by atoms with E-state index in [0.29, 0.717) is 5.78 Å². The van der Waals surface area contributed by atoms with Crippen molar-refractivity contribution in [3.8, 4) is 5.75 Å². The third-order valence-electron chi connectivity index (χ3n) is 4.19. The highest BCUT2D eigenvalue weighted by Crippen LogP contribution is 2.43. The Kier molecular flexibility index (Phi) is 4.28. The lowest BCUT2D eigenvalue weighted by Crippen LogP contribution is -2.27. The van der Waals surface area contributed by atoms with Crippen molar-refractivity contribution in [2.24, 2.45) is 5.41 Å². The molecule has 0 radical (unpaired) electrons. The van der Waals surface area contributed by atoms with Crippen molar-refractivity contribution in [1.82, 2.24) is 0 Å². The van der Waals surface area contributed by atoms with E-state index in [2.05, 4.69) is 6.92 Å². The van der Waals surface area contributed by atoms with Crippen molar-refractivity contribution in [2.45, 2.75) is 59.0 Å². The van der Waals surface area contributed by atoms with Crippen LogP contribution >= 0.6 is 0 Å². The van der Waals surface area contributed by atoms with Gasteiger partial charge < -0.3 is 4.74 Å². The summed E-state index contributed by atoms with van der Waals surface area (Å²) in [7, 11) is 0. The van der Waals surface area contributed by atoms with Crippen molar-refractivity contribution >= 4 is 5.78 Å². The summed E-state index contributed by atoms with van der Waals surface area (Å²) in [4.78, 5) is 12.8. The monoisotopic (exact) mass is 260 g/mol. The van der Waals surface area contributed by atoms with Crippen LogP contribution in [-0.4, -0.2) is 11.9 Å². The topological polar surface area (TPSA) is 26.3 Å². The van der Waals surface area contributed by atoms with Gasteiger partial charge in [0.15, 0.2) is 5.78 Å². The van der Waals surface area contributed by atoms with Gasteiger partial charge in [-0.25, -0.2) is 0 Å². The van der Waals surface area contributed by atoms with Crippen molar-refractivity contribution in [3.63, 3.8) is 0 Å². The number of ether oxygens (including phenoxy) is 1. The highest BCUT2D eigenvalue weighted by Gasteiger charge is 2.39. The average molecular weight is 260 g/mol. The molecule has 0 spiro atoms. The number of rotatable bonds is 5. The van der Waals surface area contributed by atoms with Crippen LogP contribution in [0.15, 0.2) is 24.3 Å². The van der Waals surface area contributed by atoms with Crippen LogP contribution in [0.4, 0.5) is 0 Å². The molecule has 1 saturated carbocycles. The maximum atomic E-state index is 12.8. The van der Waals surface area contributed by atoms with E-state index in [-0.39, 0.29) is 11.5 Å². The Bertz CT molecular complexity index is 442. The summed E-state index contributed by atoms with van der Waals surface area (Å²) in [5.74, 6) is 1.10. The zero-order chi connectivity index (χ0) is 13.9. The van der Waals surface area contributed by atoms with Gasteiger partial charge >= 0.3 is 0 Å². The standard InChI is InChI=1S/C17H24O2/c1-4-17(10-5-6-11-17)16(18)14-8-7-9-15(12-14)19-13(2)3/h7-9,12-13H,4-6,10-11H2,1-3H3. The molecule has 0 heterocycles. The number of benzene rings is 1. The Hall–Kier alpha value is -1.31. The SMILES string of the molecule is CCC1(C(=O)c2cccc(OC(C)C)c2)CCCC1. The first-order valence-electron chi connectivity index (χ1n) is 7.39. The number of ketones is 1. The van der Waals surface area contributed by atoms with Gasteiger partial charge in [0.2, 0.25) is 0 Å². The second kappa shape index (κ2) is 5.77. The summed E-state index contributed by atoms with van der Waals surface area (Å²) >= 11 is 0. The van der Waals surface area contributed by atoms with Crippen molar-refractivity contribution in [3.05, 3.63) is 29.8 Å². The number of carbonyl (C=O) groups excluding carboxylic acids is 1. The fraction of sp³-hybridized carbons (Fsp3) is 0.588. The average Bonchev–Trinajstić information content (AvgIpc) is 2.87. The van der Waals surface area contributed by atoms with Crippen LogP contribution < -0.4 is 4.74 Å². The van der Waals surface area contributed by atoms with Crippen LogP contribution in [0.25, 0.3) is 0 Å². The van der Waals surface area contributed by atoms with Gasteiger partial charge in [0, 0.05) is 11.0 Å². The van der Waals surface area contributed by atoms with Crippen molar-refractivity contribution in [1.29, 1.82) is 0 Å². The lowest BCUT2D eigenvalue weighted by molar-refractivity contribution is 0.0790. The highest BCUT2D eigenvalue weighted by atomic mass is 16.5. The summed E-state index contributed by atoms with van der Waals surface area (Å²) in [6, 6.07) is 7.66. The fourth-order valence-electron chi connectivity index (χ4n) is 3.08. The minimum Gasteiger partial charge on any atom is -0.491 e. The molecule has 0 unspecified atom stereocenters. The second-order valence-corrected chi connectivity index (χ2v) is 5.86. The molecule has 104 valence electrons. The van der Waals surface area contributed by atoms with Gasteiger partial charge in [-0.2, -0.15) is 0 Å². The van der Waals surface area contributed by atoms with E-state index in [0.717, 1.165) is 30.6 Å². The summed E-state index contributed by atoms with van der Waals surface area (Å²) < 4.78 is 5.68. The molecule has 0 atom stereocenters. The van der Waals surface area contributed by atoms with Crippen LogP contribution in [0.2, 0.25) is 0 Å². The highest BCUT2D eigenvalue weighted by molar-refractivity contribution is 6.01. The van der Waals surface area contributed by atoms with E-state index in [1.165, 1.54) is 12.8 Å². The molecule has 1 aliphatic rings. The van der Waals surface area contributed by atoms with E-state index in [9.17, 15) is 4.79 Å². The predicted octanol–water partition coefficient (Wildman–Crippen LogP) is 4.63. The van der Waals surface area contributed by atoms with E-state index in [4.69, 9.17) is 4.74 Å². The molecule has 0 aliphatic heterocycles. The molecule has 1 aromatic rings. The molecule has 0 amide bonds. The third-order valence-corrected chi connectivity index (χ3v) is 4.19. The van der Waals surface area contributed by atoms with Crippen molar-refractivity contribution in [2.75, 3.05) is 0 Å². The fourth-order valence-corrected chi connectivity index (χ4v) is 3.08. The smallest absolute Gasteiger partial charge is 0.169 e. The molecule has 2 heteroatoms. The van der Waals surface area contributed by atoms with Crippen LogP contribution in [0.1, 0.15) is 63.2 Å². The summed E-state index contributed by atoms with van der Waals surface area (Å²) in [6.45, 7) is 6.13. The maximum absolute atomic E-state index is 12.8. The van der Waals surface area contributed by atoms with Gasteiger partial charge in [-0.05, 0) is 45.2 Å². The molecular formula is C17H24O2. The van der Waals surface area contributed by atoms with Crippen LogP contribution in [-0.2, 0) is 0 Å². The molecule has 2 nitrogen and oxygen atoms in total. The van der Waals surface area contributed by atoms with Crippen LogP contribution in [0, 0.1) is 5.41 Å². The number of hydrogen-bond donors (Lipinski definition) is 0. The molecular weight excluding hydrogens is 236 g/mol. The first-order chi connectivity index (χ1) is 9.07. The number of hydrogen-bond acceptors (Lipinski definition) is 2. The molecule has 0 bridgehead atoms. The Labute approximate surface area is 116 Å². The third kappa shape index (κ3) is 2.99. The zero-order valence-corrected chi connectivity index (χ0v) is 12.2. The molecule has 1 fully saturated rings. The van der Waals surface area contributed by atoms with E-state index in [1.807, 2.05) is 38.1 Å². The molecule has 0 saturated heterocycles. The first-order valence-corrected chi connectivity index (χ1v) is 7.39. The molecule has 1 aliphatic carbocycles. The van der Waals surface area contributed by atoms with Gasteiger partial charge in [0.05, 0.1) is 6.10 Å². The quantitative estimate of drug-likeness (QED) is 0.722. The Balaban J connectivity index is 2.23. The summed E-state index contributed by atoms with van der Waals surface area (Å²) in [5.41, 5.74) is 0.693. The van der Waals surface area contributed by atoms with E-state index >= 15 is 0 Å². The van der Waals surface area contributed by atoms with Gasteiger partial charge in [0.1, 0.15) is 5.75 Å². The molecule has 19 heavy (non-hydrogen) atoms. The van der Waals surface area contributed by atoms with Gasteiger partial charge in [-0.15, -0.1) is 0 Å². The molecule has 0 aromatic heterocycles. The number of carbonyl (C=O) groups is 1. The normalized spacial score (nSPS) is 17.7. The van der Waals surface area contributed by atoms with E-state index in [1.54, 1.807) is 0 Å². The van der Waals surface area contributed by atoms with Gasteiger partial charge in [0.25, 0.3) is 0 Å². The van der Waals surface area contributed by atoms with Crippen LogP contribution in [0.5, 0.6) is 5.75 Å². The minimum atomic E-state index is -0.115. The molecule has 1 aromatic carbocycles. The number of Topliss-reactive ketones (excluding diaryl/α,β-unsaturated/α-hetero) is 1. The lowest BCUT2D eigenvalue weighted by atomic mass is 9.76. The van der Waals surface area contributed by atoms with E-state index < -0.39 is 0 Å². The second-order valence-electron chi connectivity index (χ2n) is 5.86. The Morgan fingerprint density at radius 2 is 2.00 bits per heavy atom. The summed E-state index contributed by atoms with van der Waals surface area (Å²) in [5, 5.41) is 0. The van der Waals surface area contributed by atoms with Gasteiger partial charge in [-0.1, -0.05) is 31.9 Å². The molecule has 0 N–H and O–H groups in total. The van der Waals surface area contributed by atoms with Crippen molar-refractivity contribution < 1.29 is 9.53 Å². The maximum Gasteiger partial charge on any atom is 0.169 e. The van der Waals surface area contributed by atoms with Gasteiger partial charge in [-0.3, -0.25) is 4.79 Å². The Morgan fingerprint density at radius 3 is 2.58 bits per heavy atom. The first kappa shape index (κ1) is 14.1. The lowest BCUT2D eigenvalue weighted by Gasteiger charge is -2.26. The zero-order valence-electron chi connectivity index (χ0n) is 12.2. The minimum absolute atomic E-state index is 0.115. The largest absolute Gasteiger partial charge is 0.491 e. The predicted molar refractivity (Wildman–Crippen MR) is 77.7 cm³/mol. The Morgan fingerprint density at radius 1 is 1.32 bits per heavy atom. The summed E-state index contributed by atoms with van der Waals surface area (Å²) in [6.07, 6.45) is 5.52. The molecule has 2 rings (SSSR count). The van der Waals surface area contributed by atoms with Crippen LogP contribution in [0.3, 0.4) is 0 Å².